The number of anilines is 1. The zero-order valence-electron chi connectivity index (χ0n) is 8.66. The smallest absolute Gasteiger partial charge is 0.231 e. The first-order chi connectivity index (χ1) is 6.66. The van der Waals surface area contributed by atoms with Crippen LogP contribution in [0.15, 0.2) is 0 Å². The Balaban J connectivity index is 0.00000112. The Hall–Kier alpha value is -0.650. The number of hydrogen-bond acceptors (Lipinski definition) is 4. The molecule has 1 fully saturated rings. The van der Waals surface area contributed by atoms with E-state index in [1.807, 2.05) is 13.8 Å². The second-order valence-corrected chi connectivity index (χ2v) is 4.71. The molecule has 0 saturated carbocycles. The Labute approximate surface area is 98.9 Å². The van der Waals surface area contributed by atoms with Crippen LogP contribution in [-0.2, 0) is 4.79 Å². The molecule has 1 amide bonds. The molecule has 84 valence electrons. The summed E-state index contributed by atoms with van der Waals surface area (Å²) in [7, 11) is 0. The van der Waals surface area contributed by atoms with Crippen LogP contribution in [0.2, 0.25) is 0 Å². The summed E-state index contributed by atoms with van der Waals surface area (Å²) in [5.41, 5.74) is 0.997. The number of nitrogens with one attached hydrogen (secondary N) is 2. The zero-order chi connectivity index (χ0) is 10.1. The molecular weight excluding hydrogens is 234 g/mol. The van der Waals surface area contributed by atoms with Gasteiger partial charge in [-0.1, -0.05) is 0 Å². The molecule has 0 aromatic carbocycles. The molecule has 1 aliphatic heterocycles. The SMILES string of the molecule is Cc1nc(NC(=O)C2CNC2)sc1C.Cl. The highest BCUT2D eigenvalue weighted by Gasteiger charge is 2.25. The van der Waals surface area contributed by atoms with Crippen molar-refractivity contribution in [1.29, 1.82) is 0 Å². The molecule has 0 aliphatic carbocycles. The third kappa shape index (κ3) is 2.68. The molecule has 0 unspecified atom stereocenters. The lowest BCUT2D eigenvalue weighted by Gasteiger charge is -2.25. The lowest BCUT2D eigenvalue weighted by molar-refractivity contribution is -0.121. The van der Waals surface area contributed by atoms with Crippen LogP contribution in [0, 0.1) is 19.8 Å². The number of amides is 1. The third-order valence-electron chi connectivity index (χ3n) is 2.41. The fourth-order valence-corrected chi connectivity index (χ4v) is 2.03. The molecule has 1 saturated heterocycles. The van der Waals surface area contributed by atoms with Crippen molar-refractivity contribution in [2.45, 2.75) is 13.8 Å². The van der Waals surface area contributed by atoms with Crippen molar-refractivity contribution >= 4 is 34.8 Å². The van der Waals surface area contributed by atoms with Crippen LogP contribution in [0.25, 0.3) is 0 Å². The van der Waals surface area contributed by atoms with E-state index in [1.165, 1.54) is 11.3 Å². The quantitative estimate of drug-likeness (QED) is 0.829. The van der Waals surface area contributed by atoms with E-state index in [4.69, 9.17) is 0 Å². The number of halogens is 1. The molecule has 0 bridgehead atoms. The first-order valence-corrected chi connectivity index (χ1v) is 5.44. The maximum atomic E-state index is 11.5. The Morgan fingerprint density at radius 3 is 2.60 bits per heavy atom. The van der Waals surface area contributed by atoms with E-state index in [0.29, 0.717) is 0 Å². The molecule has 1 aliphatic rings. The van der Waals surface area contributed by atoms with Gasteiger partial charge in [-0.3, -0.25) is 4.79 Å². The molecule has 4 nitrogen and oxygen atoms in total. The normalized spacial score (nSPS) is 15.3. The number of carbonyl (C=O) groups excluding carboxylic acids is 1. The van der Waals surface area contributed by atoms with Gasteiger partial charge in [0.25, 0.3) is 0 Å². The average Bonchev–Trinajstić information content (AvgIpc) is 2.26. The van der Waals surface area contributed by atoms with Gasteiger partial charge in [-0.25, -0.2) is 4.98 Å². The summed E-state index contributed by atoms with van der Waals surface area (Å²) in [5, 5.41) is 6.62. The van der Waals surface area contributed by atoms with Gasteiger partial charge in [-0.15, -0.1) is 23.7 Å². The van der Waals surface area contributed by atoms with Gasteiger partial charge < -0.3 is 10.6 Å². The van der Waals surface area contributed by atoms with Crippen molar-refractivity contribution in [2.75, 3.05) is 18.4 Å². The predicted octanol–water partition coefficient (Wildman–Crippen LogP) is 1.34. The van der Waals surface area contributed by atoms with Gasteiger partial charge in [-0.2, -0.15) is 0 Å². The average molecular weight is 248 g/mol. The van der Waals surface area contributed by atoms with Gasteiger partial charge >= 0.3 is 0 Å². The van der Waals surface area contributed by atoms with Crippen LogP contribution in [0.3, 0.4) is 0 Å². The molecule has 1 aromatic heterocycles. The van der Waals surface area contributed by atoms with E-state index < -0.39 is 0 Å². The van der Waals surface area contributed by atoms with Crippen LogP contribution >= 0.6 is 23.7 Å². The van der Waals surface area contributed by atoms with Gasteiger partial charge in [0.05, 0.1) is 11.6 Å². The summed E-state index contributed by atoms with van der Waals surface area (Å²) in [5.74, 6) is 0.206. The second kappa shape index (κ2) is 4.92. The lowest BCUT2D eigenvalue weighted by atomic mass is 10.0. The van der Waals surface area contributed by atoms with E-state index in [0.717, 1.165) is 28.8 Å². The molecule has 6 heteroatoms. The summed E-state index contributed by atoms with van der Waals surface area (Å²) < 4.78 is 0. The first-order valence-electron chi connectivity index (χ1n) is 4.62. The largest absolute Gasteiger partial charge is 0.315 e. The number of aromatic nitrogens is 1. The van der Waals surface area contributed by atoms with Crippen molar-refractivity contribution in [2.24, 2.45) is 5.92 Å². The molecule has 0 spiro atoms. The minimum Gasteiger partial charge on any atom is -0.315 e. The van der Waals surface area contributed by atoms with Crippen LogP contribution in [0.1, 0.15) is 10.6 Å². The number of thiazole rings is 1. The minimum absolute atomic E-state index is 0. The molecule has 0 radical (unpaired) electrons. The molecule has 15 heavy (non-hydrogen) atoms. The predicted molar refractivity (Wildman–Crippen MR) is 63.8 cm³/mol. The lowest BCUT2D eigenvalue weighted by Crippen LogP contribution is -2.48. The van der Waals surface area contributed by atoms with Crippen molar-refractivity contribution in [3.63, 3.8) is 0 Å². The van der Waals surface area contributed by atoms with Crippen LogP contribution < -0.4 is 10.6 Å². The number of aryl methyl sites for hydroxylation is 2. The van der Waals surface area contributed by atoms with Gasteiger partial charge in [-0.05, 0) is 13.8 Å². The molecular formula is C9H14ClN3OS. The maximum absolute atomic E-state index is 11.5. The minimum atomic E-state index is 0. The van der Waals surface area contributed by atoms with E-state index in [1.54, 1.807) is 0 Å². The van der Waals surface area contributed by atoms with Crippen molar-refractivity contribution in [3.05, 3.63) is 10.6 Å². The second-order valence-electron chi connectivity index (χ2n) is 3.51. The van der Waals surface area contributed by atoms with Gasteiger partial charge in [0.1, 0.15) is 0 Å². The number of nitrogens with zero attached hydrogens (tertiary/aromatic N) is 1. The molecule has 2 rings (SSSR count). The fraction of sp³-hybridized carbons (Fsp3) is 0.556. The third-order valence-corrected chi connectivity index (χ3v) is 3.40. The van der Waals surface area contributed by atoms with E-state index in [-0.39, 0.29) is 24.2 Å². The van der Waals surface area contributed by atoms with Crippen molar-refractivity contribution in [1.82, 2.24) is 10.3 Å². The van der Waals surface area contributed by atoms with Gasteiger partial charge in [0.15, 0.2) is 5.13 Å². The topological polar surface area (TPSA) is 54.0 Å². The summed E-state index contributed by atoms with van der Waals surface area (Å²) in [4.78, 5) is 16.9. The fourth-order valence-electron chi connectivity index (χ4n) is 1.21. The van der Waals surface area contributed by atoms with Crippen LogP contribution in [0.4, 0.5) is 5.13 Å². The highest BCUT2D eigenvalue weighted by Crippen LogP contribution is 2.21. The van der Waals surface area contributed by atoms with Crippen molar-refractivity contribution < 1.29 is 4.79 Å². The van der Waals surface area contributed by atoms with E-state index >= 15 is 0 Å². The highest BCUT2D eigenvalue weighted by molar-refractivity contribution is 7.15. The standard InChI is InChI=1S/C9H13N3OS.ClH/c1-5-6(2)14-9(11-5)12-8(13)7-3-10-4-7;/h7,10H,3-4H2,1-2H3,(H,11,12,13);1H. The Kier molecular flexibility index (Phi) is 4.07. The molecule has 2 heterocycles. The van der Waals surface area contributed by atoms with E-state index in [2.05, 4.69) is 15.6 Å². The van der Waals surface area contributed by atoms with E-state index in [9.17, 15) is 4.79 Å². The van der Waals surface area contributed by atoms with Crippen LogP contribution in [0.5, 0.6) is 0 Å². The Morgan fingerprint density at radius 1 is 1.53 bits per heavy atom. The maximum Gasteiger partial charge on any atom is 0.231 e. The summed E-state index contributed by atoms with van der Waals surface area (Å²) in [6.07, 6.45) is 0. The number of hydrogen-bond donors (Lipinski definition) is 2. The molecule has 1 aromatic rings. The van der Waals surface area contributed by atoms with Crippen LogP contribution in [-0.4, -0.2) is 24.0 Å². The monoisotopic (exact) mass is 247 g/mol. The number of rotatable bonds is 2. The summed E-state index contributed by atoms with van der Waals surface area (Å²) >= 11 is 1.53. The van der Waals surface area contributed by atoms with Crippen molar-refractivity contribution in [3.8, 4) is 0 Å². The Bertz CT molecular complexity index is 343. The molecule has 2 N–H and O–H groups in total. The Morgan fingerprint density at radius 2 is 2.20 bits per heavy atom. The number of carbonyl (C=O) groups is 1. The summed E-state index contributed by atoms with van der Waals surface area (Å²) in [6.45, 7) is 5.53. The zero-order valence-corrected chi connectivity index (χ0v) is 10.3. The first kappa shape index (κ1) is 12.4. The summed E-state index contributed by atoms with van der Waals surface area (Å²) in [6, 6.07) is 0. The highest BCUT2D eigenvalue weighted by atomic mass is 35.5. The van der Waals surface area contributed by atoms with Gasteiger partial charge in [0, 0.05) is 18.0 Å². The van der Waals surface area contributed by atoms with Gasteiger partial charge in [0.2, 0.25) is 5.91 Å². The molecule has 0 atom stereocenters.